The first-order valence-corrected chi connectivity index (χ1v) is 5.99. The Balaban J connectivity index is 2.37. The molecule has 0 aliphatic carbocycles. The molecule has 1 aliphatic rings. The number of hydrogen-bond donors (Lipinski definition) is 2. The summed E-state index contributed by atoms with van der Waals surface area (Å²) in [7, 11) is 0. The lowest BCUT2D eigenvalue weighted by molar-refractivity contribution is -0.129. The van der Waals surface area contributed by atoms with Crippen molar-refractivity contribution in [3.05, 3.63) is 0 Å². The van der Waals surface area contributed by atoms with Gasteiger partial charge in [0.15, 0.2) is 0 Å². The van der Waals surface area contributed by atoms with E-state index < -0.39 is 0 Å². The van der Waals surface area contributed by atoms with Gasteiger partial charge in [-0.3, -0.25) is 4.79 Å². The number of rotatable bonds is 4. The maximum absolute atomic E-state index is 11.8. The highest BCUT2D eigenvalue weighted by Crippen LogP contribution is 2.16. The molecule has 0 saturated carbocycles. The van der Waals surface area contributed by atoms with Gasteiger partial charge >= 0.3 is 0 Å². The lowest BCUT2D eigenvalue weighted by Gasteiger charge is -2.26. The molecule has 16 heavy (non-hydrogen) atoms. The van der Waals surface area contributed by atoms with Crippen LogP contribution in [-0.4, -0.2) is 30.7 Å². The molecule has 1 fully saturated rings. The van der Waals surface area contributed by atoms with Crippen molar-refractivity contribution in [2.75, 3.05) is 19.8 Å². The van der Waals surface area contributed by atoms with Gasteiger partial charge in [-0.25, -0.2) is 0 Å². The average molecular weight is 244 g/mol. The number of amides is 1. The molecule has 0 radical (unpaired) electrons. The van der Waals surface area contributed by atoms with Crippen LogP contribution >= 0.6 is 12.2 Å². The van der Waals surface area contributed by atoms with Gasteiger partial charge in [0.25, 0.3) is 0 Å². The Morgan fingerprint density at radius 1 is 1.62 bits per heavy atom. The van der Waals surface area contributed by atoms with Gasteiger partial charge in [-0.05, 0) is 12.8 Å². The van der Waals surface area contributed by atoms with Crippen LogP contribution in [-0.2, 0) is 9.53 Å². The number of carbonyl (C=O) groups is 1. The molecular formula is C11H20N2O2S. The summed E-state index contributed by atoms with van der Waals surface area (Å²) in [6.07, 6.45) is 1.86. The van der Waals surface area contributed by atoms with Crippen molar-refractivity contribution < 1.29 is 9.53 Å². The summed E-state index contributed by atoms with van der Waals surface area (Å²) >= 11 is 4.94. The van der Waals surface area contributed by atoms with Crippen molar-refractivity contribution in [3.63, 3.8) is 0 Å². The average Bonchev–Trinajstić information content (AvgIpc) is 2.27. The summed E-state index contributed by atoms with van der Waals surface area (Å²) in [5.41, 5.74) is 5.26. The lowest BCUT2D eigenvalue weighted by atomic mass is 9.93. The Bertz CT molecular complexity index is 273. The van der Waals surface area contributed by atoms with E-state index in [4.69, 9.17) is 22.7 Å². The van der Waals surface area contributed by atoms with E-state index in [1.54, 1.807) is 0 Å². The molecule has 0 aromatic rings. The van der Waals surface area contributed by atoms with Crippen molar-refractivity contribution in [2.24, 2.45) is 17.1 Å². The third-order valence-corrected chi connectivity index (χ3v) is 3.46. The maximum atomic E-state index is 11.8. The molecule has 0 spiro atoms. The first-order chi connectivity index (χ1) is 7.43. The largest absolute Gasteiger partial charge is 0.393 e. The Morgan fingerprint density at radius 2 is 2.31 bits per heavy atom. The molecule has 4 nitrogen and oxygen atoms in total. The quantitative estimate of drug-likeness (QED) is 0.719. The smallest absolute Gasteiger partial charge is 0.225 e. The predicted molar refractivity (Wildman–Crippen MR) is 67.1 cm³/mol. The van der Waals surface area contributed by atoms with Crippen molar-refractivity contribution in [3.8, 4) is 0 Å². The second kappa shape index (κ2) is 5.59. The summed E-state index contributed by atoms with van der Waals surface area (Å²) in [6.45, 7) is 5.62. The topological polar surface area (TPSA) is 64.3 Å². The minimum absolute atomic E-state index is 0.0177. The highest BCUT2D eigenvalue weighted by atomic mass is 32.1. The van der Waals surface area contributed by atoms with E-state index in [-0.39, 0.29) is 17.2 Å². The third kappa shape index (κ3) is 3.72. The van der Waals surface area contributed by atoms with Gasteiger partial charge in [0.2, 0.25) is 5.91 Å². The van der Waals surface area contributed by atoms with Gasteiger partial charge in [0.1, 0.15) is 0 Å². The van der Waals surface area contributed by atoms with Gasteiger partial charge < -0.3 is 15.8 Å². The molecule has 0 bridgehead atoms. The summed E-state index contributed by atoms with van der Waals surface area (Å²) < 4.78 is 5.27. The molecule has 1 atom stereocenters. The maximum Gasteiger partial charge on any atom is 0.225 e. The van der Waals surface area contributed by atoms with E-state index in [1.807, 2.05) is 13.8 Å². The van der Waals surface area contributed by atoms with Crippen molar-refractivity contribution in [1.29, 1.82) is 0 Å². The SMILES string of the molecule is CC(C)(CNC(=O)C1CCCOC1)C(N)=S. The molecular weight excluding hydrogens is 224 g/mol. The van der Waals surface area contributed by atoms with Crippen LogP contribution in [0.1, 0.15) is 26.7 Å². The fourth-order valence-electron chi connectivity index (χ4n) is 1.49. The molecule has 92 valence electrons. The summed E-state index contributed by atoms with van der Waals surface area (Å²) in [5, 5.41) is 2.89. The number of nitrogens with two attached hydrogens (primary N) is 1. The van der Waals surface area contributed by atoms with Gasteiger partial charge in [-0.15, -0.1) is 0 Å². The van der Waals surface area contributed by atoms with E-state index in [0.717, 1.165) is 19.4 Å². The number of ether oxygens (including phenoxy) is 1. The number of carbonyl (C=O) groups excluding carboxylic acids is 1. The fourth-order valence-corrected chi connectivity index (χ4v) is 1.56. The van der Waals surface area contributed by atoms with E-state index in [2.05, 4.69) is 5.32 Å². The predicted octanol–water partition coefficient (Wildman–Crippen LogP) is 0.841. The summed E-state index contributed by atoms with van der Waals surface area (Å²) in [6, 6.07) is 0. The highest BCUT2D eigenvalue weighted by molar-refractivity contribution is 7.80. The molecule has 0 aromatic heterocycles. The first-order valence-electron chi connectivity index (χ1n) is 5.59. The van der Waals surface area contributed by atoms with Crippen LogP contribution in [0.3, 0.4) is 0 Å². The monoisotopic (exact) mass is 244 g/mol. The van der Waals surface area contributed by atoms with Gasteiger partial charge in [0, 0.05) is 18.6 Å². The number of nitrogens with one attached hydrogen (secondary N) is 1. The standard InChI is InChI=1S/C11H20N2O2S/c1-11(2,10(12)16)7-13-9(14)8-4-3-5-15-6-8/h8H,3-7H2,1-2H3,(H2,12,16)(H,13,14). The van der Waals surface area contributed by atoms with E-state index >= 15 is 0 Å². The van der Waals surface area contributed by atoms with Crippen LogP contribution in [0.4, 0.5) is 0 Å². The fraction of sp³-hybridized carbons (Fsp3) is 0.818. The molecule has 1 amide bonds. The van der Waals surface area contributed by atoms with E-state index in [1.165, 1.54) is 0 Å². The Labute approximate surface area is 102 Å². The minimum Gasteiger partial charge on any atom is -0.393 e. The van der Waals surface area contributed by atoms with Gasteiger partial charge in [-0.1, -0.05) is 26.1 Å². The highest BCUT2D eigenvalue weighted by Gasteiger charge is 2.26. The summed E-state index contributed by atoms with van der Waals surface area (Å²) in [5.74, 6) is 0.0277. The molecule has 1 aliphatic heterocycles. The first kappa shape index (κ1) is 13.4. The zero-order valence-corrected chi connectivity index (χ0v) is 10.7. The van der Waals surface area contributed by atoms with Crippen LogP contribution in [0.5, 0.6) is 0 Å². The third-order valence-electron chi connectivity index (χ3n) is 2.90. The molecule has 1 heterocycles. The van der Waals surface area contributed by atoms with Crippen LogP contribution in [0, 0.1) is 11.3 Å². The van der Waals surface area contributed by atoms with E-state index in [0.29, 0.717) is 18.1 Å². The minimum atomic E-state index is -0.333. The second-order valence-electron chi connectivity index (χ2n) is 4.88. The van der Waals surface area contributed by atoms with Crippen LogP contribution in [0.15, 0.2) is 0 Å². The lowest BCUT2D eigenvalue weighted by Crippen LogP contribution is -2.44. The van der Waals surface area contributed by atoms with Crippen molar-refractivity contribution in [1.82, 2.24) is 5.32 Å². The molecule has 1 unspecified atom stereocenters. The normalized spacial score (nSPS) is 21.5. The van der Waals surface area contributed by atoms with E-state index in [9.17, 15) is 4.79 Å². The Morgan fingerprint density at radius 3 is 2.81 bits per heavy atom. The Kier molecular flexibility index (Phi) is 4.68. The molecule has 0 aromatic carbocycles. The number of hydrogen-bond acceptors (Lipinski definition) is 3. The van der Waals surface area contributed by atoms with Gasteiger partial charge in [-0.2, -0.15) is 0 Å². The molecule has 1 rings (SSSR count). The second-order valence-corrected chi connectivity index (χ2v) is 5.32. The molecule has 1 saturated heterocycles. The van der Waals surface area contributed by atoms with Crippen LogP contribution < -0.4 is 11.1 Å². The summed E-state index contributed by atoms with van der Waals surface area (Å²) in [4.78, 5) is 12.2. The number of thiocarbonyl (C=S) groups is 1. The van der Waals surface area contributed by atoms with Crippen molar-refractivity contribution >= 4 is 23.1 Å². The molecule has 3 N–H and O–H groups in total. The van der Waals surface area contributed by atoms with Gasteiger partial charge in [0.05, 0.1) is 17.5 Å². The van der Waals surface area contributed by atoms with Crippen LogP contribution in [0.25, 0.3) is 0 Å². The Hall–Kier alpha value is -0.680. The zero-order chi connectivity index (χ0) is 12.2. The van der Waals surface area contributed by atoms with Crippen LogP contribution in [0.2, 0.25) is 0 Å². The molecule has 5 heteroatoms. The zero-order valence-electron chi connectivity index (χ0n) is 9.91. The van der Waals surface area contributed by atoms with Crippen molar-refractivity contribution in [2.45, 2.75) is 26.7 Å².